The van der Waals surface area contributed by atoms with Gasteiger partial charge in [0.25, 0.3) is 0 Å². The van der Waals surface area contributed by atoms with Gasteiger partial charge in [0.15, 0.2) is 5.58 Å². The third-order valence-corrected chi connectivity index (χ3v) is 12.9. The number of hydrogen-bond acceptors (Lipinski definition) is 1. The van der Waals surface area contributed by atoms with Crippen molar-refractivity contribution < 1.29 is 4.42 Å². The van der Waals surface area contributed by atoms with Crippen LogP contribution in [0.1, 0.15) is 0 Å². The van der Waals surface area contributed by atoms with Crippen LogP contribution in [-0.2, 0) is 0 Å². The molecule has 0 unspecified atom stereocenters. The molecule has 13 aromatic rings. The van der Waals surface area contributed by atoms with Gasteiger partial charge in [-0.3, -0.25) is 0 Å². The molecule has 3 aromatic heterocycles. The van der Waals surface area contributed by atoms with Gasteiger partial charge >= 0.3 is 0 Å². The second-order valence-electron chi connectivity index (χ2n) is 16.4. The Kier molecular flexibility index (Phi) is 7.91. The number of para-hydroxylation sites is 4. The monoisotopic (exact) mass is 802 g/mol. The fraction of sp³-hybridized carbons (Fsp3) is 0. The minimum atomic E-state index is 0.874. The Balaban J connectivity index is 1.02. The van der Waals surface area contributed by atoms with Gasteiger partial charge in [-0.05, 0) is 93.5 Å². The zero-order valence-corrected chi connectivity index (χ0v) is 34.2. The van der Waals surface area contributed by atoms with Crippen LogP contribution in [0.5, 0.6) is 0 Å². The molecule has 3 heteroatoms. The SMILES string of the molecule is c1ccc(-c2cccc(-c3ccc(-n4c5ccccc5c5cc(-c6cccc7c6c6ccccc6n7-c6ccccc6-c6ccccc6)ccc54)c4oc5ccccc5c34)c2)cc1. The van der Waals surface area contributed by atoms with Gasteiger partial charge in [-0.2, -0.15) is 0 Å². The molecular weight excluding hydrogens is 765 g/mol. The molecule has 0 radical (unpaired) electrons. The number of furan rings is 1. The van der Waals surface area contributed by atoms with Crippen molar-refractivity contribution in [3.05, 3.63) is 231 Å². The number of nitrogens with zero attached hydrogens (tertiary/aromatic N) is 2. The lowest BCUT2D eigenvalue weighted by atomic mass is 9.95. The maximum absolute atomic E-state index is 6.92. The molecule has 0 aliphatic heterocycles. The van der Waals surface area contributed by atoms with Gasteiger partial charge < -0.3 is 13.6 Å². The predicted octanol–water partition coefficient (Wildman–Crippen LogP) is 16.4. The second-order valence-corrected chi connectivity index (χ2v) is 16.4. The lowest BCUT2D eigenvalue weighted by Crippen LogP contribution is -1.97. The molecule has 3 heterocycles. The maximum Gasteiger partial charge on any atom is 0.160 e. The molecule has 13 rings (SSSR count). The number of hydrogen-bond donors (Lipinski definition) is 0. The summed E-state index contributed by atoms with van der Waals surface area (Å²) >= 11 is 0. The van der Waals surface area contributed by atoms with Crippen molar-refractivity contribution in [3.63, 3.8) is 0 Å². The topological polar surface area (TPSA) is 23.0 Å². The van der Waals surface area contributed by atoms with Gasteiger partial charge in [-0.25, -0.2) is 0 Å². The van der Waals surface area contributed by atoms with Crippen molar-refractivity contribution in [1.82, 2.24) is 9.13 Å². The van der Waals surface area contributed by atoms with Crippen LogP contribution in [0.2, 0.25) is 0 Å². The Morgan fingerprint density at radius 2 is 0.825 bits per heavy atom. The van der Waals surface area contributed by atoms with Crippen LogP contribution >= 0.6 is 0 Å². The molecule has 0 aliphatic rings. The van der Waals surface area contributed by atoms with E-state index < -0.39 is 0 Å². The lowest BCUT2D eigenvalue weighted by molar-refractivity contribution is 0.666. The zero-order valence-electron chi connectivity index (χ0n) is 34.2. The van der Waals surface area contributed by atoms with Gasteiger partial charge in [0.2, 0.25) is 0 Å². The van der Waals surface area contributed by atoms with E-state index in [4.69, 9.17) is 4.42 Å². The molecular formula is C60H38N2O. The number of aromatic nitrogens is 2. The van der Waals surface area contributed by atoms with Crippen LogP contribution in [-0.4, -0.2) is 9.13 Å². The first-order chi connectivity index (χ1) is 31.3. The second kappa shape index (κ2) is 14.1. The highest BCUT2D eigenvalue weighted by molar-refractivity contribution is 6.19. The first-order valence-corrected chi connectivity index (χ1v) is 21.6. The largest absolute Gasteiger partial charge is 0.454 e. The quantitative estimate of drug-likeness (QED) is 0.164. The first-order valence-electron chi connectivity index (χ1n) is 21.6. The van der Waals surface area contributed by atoms with E-state index in [0.29, 0.717) is 0 Å². The van der Waals surface area contributed by atoms with Gasteiger partial charge in [0.1, 0.15) is 5.58 Å². The molecule has 294 valence electrons. The summed E-state index contributed by atoms with van der Waals surface area (Å²) in [5.41, 5.74) is 18.1. The zero-order chi connectivity index (χ0) is 41.4. The third kappa shape index (κ3) is 5.46. The van der Waals surface area contributed by atoms with Crippen LogP contribution in [0.4, 0.5) is 0 Å². The maximum atomic E-state index is 6.92. The van der Waals surface area contributed by atoms with Crippen molar-refractivity contribution in [2.45, 2.75) is 0 Å². The van der Waals surface area contributed by atoms with E-state index in [1.807, 2.05) is 0 Å². The highest BCUT2D eigenvalue weighted by atomic mass is 16.3. The summed E-state index contributed by atoms with van der Waals surface area (Å²) in [6, 6.07) is 83.3. The van der Waals surface area contributed by atoms with Gasteiger partial charge in [-0.1, -0.05) is 176 Å². The minimum Gasteiger partial charge on any atom is -0.454 e. The van der Waals surface area contributed by atoms with Crippen LogP contribution in [0, 0.1) is 0 Å². The molecule has 0 spiro atoms. The highest BCUT2D eigenvalue weighted by Crippen LogP contribution is 2.45. The van der Waals surface area contributed by atoms with Gasteiger partial charge in [0, 0.05) is 37.9 Å². The summed E-state index contributed by atoms with van der Waals surface area (Å²) in [7, 11) is 0. The highest BCUT2D eigenvalue weighted by Gasteiger charge is 2.23. The Labute approximate surface area is 363 Å². The number of fused-ring (bicyclic) bond motifs is 9. The smallest absolute Gasteiger partial charge is 0.160 e. The van der Waals surface area contributed by atoms with Crippen molar-refractivity contribution in [3.8, 4) is 55.9 Å². The number of benzene rings is 10. The molecule has 0 saturated heterocycles. The van der Waals surface area contributed by atoms with Gasteiger partial charge in [-0.15, -0.1) is 0 Å². The average Bonchev–Trinajstić information content (AvgIpc) is 4.02. The Bertz CT molecular complexity index is 3900. The van der Waals surface area contributed by atoms with Crippen LogP contribution < -0.4 is 0 Å². The van der Waals surface area contributed by atoms with Crippen LogP contribution in [0.15, 0.2) is 235 Å². The molecule has 0 amide bonds. The number of rotatable bonds is 6. The van der Waals surface area contributed by atoms with Gasteiger partial charge in [0.05, 0.1) is 33.4 Å². The van der Waals surface area contributed by atoms with E-state index in [-0.39, 0.29) is 0 Å². The molecule has 0 fully saturated rings. The summed E-state index contributed by atoms with van der Waals surface area (Å²) in [5.74, 6) is 0. The van der Waals surface area contributed by atoms with Crippen LogP contribution in [0.25, 0.3) is 121 Å². The van der Waals surface area contributed by atoms with Crippen molar-refractivity contribution in [1.29, 1.82) is 0 Å². The summed E-state index contributed by atoms with van der Waals surface area (Å²) in [6.07, 6.45) is 0. The summed E-state index contributed by atoms with van der Waals surface area (Å²) < 4.78 is 11.8. The average molecular weight is 803 g/mol. The van der Waals surface area contributed by atoms with E-state index in [1.165, 1.54) is 66.0 Å². The van der Waals surface area contributed by atoms with Crippen LogP contribution in [0.3, 0.4) is 0 Å². The van der Waals surface area contributed by atoms with Crippen molar-refractivity contribution in [2.24, 2.45) is 0 Å². The molecule has 63 heavy (non-hydrogen) atoms. The summed E-state index contributed by atoms with van der Waals surface area (Å²) in [6.45, 7) is 0. The standard InChI is InChI=1S/C60H38N2O/c1-3-17-39(18-4-1)41-21-15-22-42(37-41)46-34-36-56(60-59(46)49-26-10-14-32-57(49)63-60)62-52-29-12-8-24-47(52)50-38-43(33-35-54(50)62)45-27-16-31-55-58(45)48-25-9-13-30-53(48)61(55)51-28-11-7-23-44(51)40-19-5-2-6-20-40/h1-38H. The summed E-state index contributed by atoms with van der Waals surface area (Å²) in [5, 5.41) is 7.10. The molecule has 0 N–H and O–H groups in total. The Morgan fingerprint density at radius 3 is 1.67 bits per heavy atom. The Morgan fingerprint density at radius 1 is 0.270 bits per heavy atom. The van der Waals surface area contributed by atoms with Crippen molar-refractivity contribution >= 4 is 65.6 Å². The predicted molar refractivity (Wildman–Crippen MR) is 264 cm³/mol. The first kappa shape index (κ1) is 35.4. The van der Waals surface area contributed by atoms with E-state index >= 15 is 0 Å². The van der Waals surface area contributed by atoms with Crippen molar-refractivity contribution in [2.75, 3.05) is 0 Å². The fourth-order valence-corrected chi connectivity index (χ4v) is 10.2. The van der Waals surface area contributed by atoms with E-state index in [0.717, 1.165) is 55.5 Å². The molecule has 0 saturated carbocycles. The molecule has 0 bridgehead atoms. The normalized spacial score (nSPS) is 11.8. The van der Waals surface area contributed by atoms with E-state index in [1.54, 1.807) is 0 Å². The fourth-order valence-electron chi connectivity index (χ4n) is 10.2. The van der Waals surface area contributed by atoms with E-state index in [9.17, 15) is 0 Å². The van der Waals surface area contributed by atoms with E-state index in [2.05, 4.69) is 240 Å². The summed E-state index contributed by atoms with van der Waals surface area (Å²) in [4.78, 5) is 0. The molecule has 0 aliphatic carbocycles. The lowest BCUT2D eigenvalue weighted by Gasteiger charge is -2.14. The molecule has 10 aromatic carbocycles. The Hall–Kier alpha value is -8.40. The third-order valence-electron chi connectivity index (χ3n) is 12.9. The molecule has 0 atom stereocenters. The minimum absolute atomic E-state index is 0.874. The molecule has 3 nitrogen and oxygen atoms in total.